The number of benzene rings is 5. The molecule has 0 N–H and O–H groups in total. The molecule has 6 aromatic rings. The highest BCUT2D eigenvalue weighted by molar-refractivity contribution is 5.92. The Morgan fingerprint density at radius 1 is 0.667 bits per heavy atom. The van der Waals surface area contributed by atoms with Gasteiger partial charge in [0, 0.05) is 17.4 Å². The second-order valence-corrected chi connectivity index (χ2v) is 11.4. The normalized spacial score (nSPS) is 10.9. The molecule has 5 aromatic carbocycles. The van der Waals surface area contributed by atoms with E-state index in [0.717, 1.165) is 55.9 Å². The van der Waals surface area contributed by atoms with E-state index < -0.39 is 5.97 Å². The van der Waals surface area contributed by atoms with Crippen molar-refractivity contribution in [3.05, 3.63) is 144 Å². The van der Waals surface area contributed by atoms with Crippen molar-refractivity contribution in [3.63, 3.8) is 0 Å². The molecular weight excluding hydrogens is 602 g/mol. The van der Waals surface area contributed by atoms with E-state index in [2.05, 4.69) is 60.0 Å². The number of aryl methyl sites for hydroxylation is 1. The summed E-state index contributed by atoms with van der Waals surface area (Å²) in [5, 5.41) is 1.11. The maximum atomic E-state index is 11.9. The van der Waals surface area contributed by atoms with Gasteiger partial charge in [0.15, 0.2) is 18.1 Å². The molecule has 1 heterocycles. The molecule has 7 nitrogen and oxygen atoms in total. The smallest absolute Gasteiger partial charge is 0.344 e. The monoisotopic (exact) mass is 641 g/mol. The molecule has 0 fully saturated rings. The maximum absolute atomic E-state index is 11.9. The van der Waals surface area contributed by atoms with Crippen molar-refractivity contribution >= 4 is 16.9 Å². The zero-order chi connectivity index (χ0) is 33.3. The molecule has 0 saturated carbocycles. The lowest BCUT2D eigenvalue weighted by Crippen LogP contribution is -2.15. The first kappa shape index (κ1) is 32.3. The Morgan fingerprint density at radius 3 is 1.96 bits per heavy atom. The SMILES string of the molecule is CCOC(=O)COc1ccc(Cn2c(-c3ccc(OCc4ccccc4)cc3)c(C)c3cc(OCc4ccccc4)ccc32)cc1OC. The predicted molar refractivity (Wildman–Crippen MR) is 188 cm³/mol. The van der Waals surface area contributed by atoms with Crippen LogP contribution >= 0.6 is 0 Å². The Bertz CT molecular complexity index is 1970. The minimum absolute atomic E-state index is 0.186. The number of esters is 1. The number of rotatable bonds is 14. The van der Waals surface area contributed by atoms with E-state index in [1.54, 1.807) is 14.0 Å². The van der Waals surface area contributed by atoms with Gasteiger partial charge in [0.1, 0.15) is 24.7 Å². The zero-order valence-electron chi connectivity index (χ0n) is 27.5. The van der Waals surface area contributed by atoms with E-state index in [9.17, 15) is 4.79 Å². The molecule has 6 rings (SSSR count). The highest BCUT2D eigenvalue weighted by Crippen LogP contribution is 2.37. The standard InChI is InChI=1S/C41H39NO6/c1-4-45-40(43)28-48-38-22-15-32(23-39(38)44-3)25-42-37-21-20-35(47-27-31-13-9-6-10-14-31)24-36(37)29(2)41(42)33-16-18-34(19-17-33)46-26-30-11-7-5-8-12-30/h5-24H,4,25-28H2,1-3H3. The highest BCUT2D eigenvalue weighted by Gasteiger charge is 2.18. The lowest BCUT2D eigenvalue weighted by atomic mass is 10.1. The summed E-state index contributed by atoms with van der Waals surface area (Å²) in [6.45, 7) is 5.61. The van der Waals surface area contributed by atoms with Crippen molar-refractivity contribution in [1.29, 1.82) is 0 Å². The van der Waals surface area contributed by atoms with Crippen molar-refractivity contribution in [1.82, 2.24) is 4.57 Å². The summed E-state index contributed by atoms with van der Waals surface area (Å²) in [5.41, 5.74) is 7.65. The summed E-state index contributed by atoms with van der Waals surface area (Å²) < 4.78 is 31.0. The van der Waals surface area contributed by atoms with E-state index in [4.69, 9.17) is 23.7 Å². The fourth-order valence-corrected chi connectivity index (χ4v) is 5.77. The third-order valence-corrected chi connectivity index (χ3v) is 8.13. The minimum atomic E-state index is -0.425. The molecule has 0 saturated heterocycles. The van der Waals surface area contributed by atoms with Crippen LogP contribution in [0.4, 0.5) is 0 Å². The molecule has 0 aliphatic heterocycles. The fourth-order valence-electron chi connectivity index (χ4n) is 5.77. The predicted octanol–water partition coefficient (Wildman–Crippen LogP) is 8.77. The van der Waals surface area contributed by atoms with Gasteiger partial charge in [-0.15, -0.1) is 0 Å². The van der Waals surface area contributed by atoms with Gasteiger partial charge in [-0.2, -0.15) is 0 Å². The quantitative estimate of drug-likeness (QED) is 0.111. The topological polar surface area (TPSA) is 68.2 Å². The van der Waals surface area contributed by atoms with Crippen LogP contribution < -0.4 is 18.9 Å². The van der Waals surface area contributed by atoms with E-state index in [1.165, 1.54) is 0 Å². The lowest BCUT2D eigenvalue weighted by molar-refractivity contribution is -0.145. The number of ether oxygens (including phenoxy) is 5. The molecule has 0 atom stereocenters. The van der Waals surface area contributed by atoms with Gasteiger partial charge in [-0.1, -0.05) is 66.7 Å². The van der Waals surface area contributed by atoms with Crippen LogP contribution in [0.2, 0.25) is 0 Å². The number of hydrogen-bond donors (Lipinski definition) is 0. The molecule has 0 bridgehead atoms. The van der Waals surface area contributed by atoms with E-state index in [-0.39, 0.29) is 6.61 Å². The number of methoxy groups -OCH3 is 1. The van der Waals surface area contributed by atoms with E-state index in [0.29, 0.717) is 37.9 Å². The number of fused-ring (bicyclic) bond motifs is 1. The van der Waals surface area contributed by atoms with Crippen LogP contribution in [0.15, 0.2) is 121 Å². The second kappa shape index (κ2) is 15.3. The van der Waals surface area contributed by atoms with Gasteiger partial charge in [-0.3, -0.25) is 0 Å². The van der Waals surface area contributed by atoms with Gasteiger partial charge in [0.25, 0.3) is 0 Å². The number of aromatic nitrogens is 1. The third-order valence-electron chi connectivity index (χ3n) is 8.13. The second-order valence-electron chi connectivity index (χ2n) is 11.4. The Kier molecular flexibility index (Phi) is 10.3. The maximum Gasteiger partial charge on any atom is 0.344 e. The molecule has 7 heteroatoms. The molecule has 0 spiro atoms. The Balaban J connectivity index is 1.32. The average Bonchev–Trinajstić information content (AvgIpc) is 3.40. The van der Waals surface area contributed by atoms with Crippen LogP contribution in [0.5, 0.6) is 23.0 Å². The summed E-state index contributed by atoms with van der Waals surface area (Å²) in [6.07, 6.45) is 0. The molecule has 0 radical (unpaired) electrons. The number of carbonyl (C=O) groups excluding carboxylic acids is 1. The van der Waals surface area contributed by atoms with Gasteiger partial charge in [-0.25, -0.2) is 4.79 Å². The number of carbonyl (C=O) groups is 1. The van der Waals surface area contributed by atoms with Crippen molar-refractivity contribution < 1.29 is 28.5 Å². The largest absolute Gasteiger partial charge is 0.493 e. The van der Waals surface area contributed by atoms with Gasteiger partial charge < -0.3 is 28.3 Å². The van der Waals surface area contributed by atoms with Gasteiger partial charge >= 0.3 is 5.97 Å². The first-order chi connectivity index (χ1) is 23.5. The average molecular weight is 642 g/mol. The number of nitrogens with zero attached hydrogens (tertiary/aromatic N) is 1. The first-order valence-electron chi connectivity index (χ1n) is 16.0. The summed E-state index contributed by atoms with van der Waals surface area (Å²) in [4.78, 5) is 11.9. The van der Waals surface area contributed by atoms with E-state index in [1.807, 2.05) is 72.8 Å². The van der Waals surface area contributed by atoms with Crippen molar-refractivity contribution in [2.45, 2.75) is 33.6 Å². The third kappa shape index (κ3) is 7.64. The first-order valence-corrected chi connectivity index (χ1v) is 16.0. The lowest BCUT2D eigenvalue weighted by Gasteiger charge is -2.15. The van der Waals surface area contributed by atoms with Gasteiger partial charge in [0.05, 0.1) is 19.4 Å². The fraction of sp³-hybridized carbons (Fsp3) is 0.195. The minimum Gasteiger partial charge on any atom is -0.493 e. The van der Waals surface area contributed by atoms with Crippen molar-refractivity contribution in [2.75, 3.05) is 20.3 Å². The van der Waals surface area contributed by atoms with Crippen LogP contribution in [0.3, 0.4) is 0 Å². The molecule has 0 aliphatic rings. The van der Waals surface area contributed by atoms with Crippen LogP contribution in [0.25, 0.3) is 22.2 Å². The Labute approximate surface area is 281 Å². The van der Waals surface area contributed by atoms with Crippen molar-refractivity contribution in [3.8, 4) is 34.3 Å². The van der Waals surface area contributed by atoms with E-state index >= 15 is 0 Å². The molecule has 1 aromatic heterocycles. The molecule has 244 valence electrons. The number of hydrogen-bond acceptors (Lipinski definition) is 6. The van der Waals surface area contributed by atoms with Crippen molar-refractivity contribution in [2.24, 2.45) is 0 Å². The molecule has 48 heavy (non-hydrogen) atoms. The summed E-state index contributed by atoms with van der Waals surface area (Å²) in [6, 6.07) is 40.6. The van der Waals surface area contributed by atoms with Crippen LogP contribution in [-0.4, -0.2) is 30.9 Å². The Morgan fingerprint density at radius 2 is 1.31 bits per heavy atom. The van der Waals surface area contributed by atoms with Crippen LogP contribution in [0, 0.1) is 6.92 Å². The summed E-state index contributed by atoms with van der Waals surface area (Å²) in [7, 11) is 1.59. The Hall–Kier alpha value is -5.69. The molecular formula is C41H39NO6. The molecule has 0 aliphatic carbocycles. The summed E-state index contributed by atoms with van der Waals surface area (Å²) >= 11 is 0. The van der Waals surface area contributed by atoms with Crippen LogP contribution in [0.1, 0.15) is 29.2 Å². The van der Waals surface area contributed by atoms with Crippen LogP contribution in [-0.2, 0) is 29.3 Å². The molecule has 0 amide bonds. The summed E-state index contributed by atoms with van der Waals surface area (Å²) in [5.74, 6) is 2.22. The van der Waals surface area contributed by atoms with Gasteiger partial charge in [-0.05, 0) is 96.3 Å². The molecule has 0 unspecified atom stereocenters. The highest BCUT2D eigenvalue weighted by atomic mass is 16.6. The zero-order valence-corrected chi connectivity index (χ0v) is 27.5. The van der Waals surface area contributed by atoms with Gasteiger partial charge in [0.2, 0.25) is 0 Å².